The van der Waals surface area contributed by atoms with Crippen molar-refractivity contribution in [3.05, 3.63) is 47.0 Å². The molecular weight excluding hydrogens is 532 g/mol. The Morgan fingerprint density at radius 1 is 1.12 bits per heavy atom. The van der Waals surface area contributed by atoms with Gasteiger partial charge in [0.15, 0.2) is 11.8 Å². The van der Waals surface area contributed by atoms with E-state index in [9.17, 15) is 13.2 Å². The lowest BCUT2D eigenvalue weighted by Gasteiger charge is -2.43. The quantitative estimate of drug-likeness (QED) is 0.322. The highest BCUT2D eigenvalue weighted by molar-refractivity contribution is 14.0. The number of alkyl halides is 3. The van der Waals surface area contributed by atoms with Crippen molar-refractivity contribution in [3.8, 4) is 0 Å². The van der Waals surface area contributed by atoms with Gasteiger partial charge in [-0.2, -0.15) is 13.2 Å². The maximum Gasteiger partial charge on any atom is 0.416 e. The van der Waals surface area contributed by atoms with Gasteiger partial charge in [0.1, 0.15) is 5.82 Å². The third-order valence-corrected chi connectivity index (χ3v) is 6.53. The molecule has 1 fully saturated rings. The van der Waals surface area contributed by atoms with Crippen LogP contribution in [-0.4, -0.2) is 34.3 Å². The van der Waals surface area contributed by atoms with Crippen LogP contribution in [0, 0.1) is 0 Å². The van der Waals surface area contributed by atoms with Crippen molar-refractivity contribution in [3.63, 3.8) is 0 Å². The molecule has 0 radical (unpaired) electrons. The van der Waals surface area contributed by atoms with E-state index in [1.165, 1.54) is 18.6 Å². The van der Waals surface area contributed by atoms with Gasteiger partial charge in [0.25, 0.3) is 0 Å². The van der Waals surface area contributed by atoms with Crippen LogP contribution in [0.25, 0.3) is 0 Å². The topological polar surface area (TPSA) is 67.1 Å². The van der Waals surface area contributed by atoms with Crippen LogP contribution < -0.4 is 10.6 Å². The van der Waals surface area contributed by atoms with Crippen LogP contribution in [0.1, 0.15) is 61.3 Å². The monoisotopic (exact) mass is 562 g/mol. The Bertz CT molecular complexity index is 936. The molecule has 2 heterocycles. The number of aromatic nitrogens is 3. The molecule has 0 atom stereocenters. The molecular formula is C22H30F3IN6. The third kappa shape index (κ3) is 5.37. The van der Waals surface area contributed by atoms with Crippen molar-refractivity contribution < 1.29 is 13.2 Å². The third-order valence-electron chi connectivity index (χ3n) is 6.53. The second-order valence-electron chi connectivity index (χ2n) is 8.49. The summed E-state index contributed by atoms with van der Waals surface area (Å²) in [5.41, 5.74) is -0.157. The number of hydrogen-bond donors (Lipinski definition) is 2. The van der Waals surface area contributed by atoms with Crippen molar-refractivity contribution in [1.29, 1.82) is 0 Å². The second kappa shape index (κ2) is 10.4. The number of aryl methyl sites for hydroxylation is 1. The zero-order valence-corrected chi connectivity index (χ0v) is 20.5. The van der Waals surface area contributed by atoms with Crippen LogP contribution in [0.5, 0.6) is 0 Å². The van der Waals surface area contributed by atoms with E-state index in [1.807, 2.05) is 0 Å². The highest BCUT2D eigenvalue weighted by Crippen LogP contribution is 2.44. The van der Waals surface area contributed by atoms with Crippen molar-refractivity contribution in [1.82, 2.24) is 25.4 Å². The van der Waals surface area contributed by atoms with E-state index in [4.69, 9.17) is 0 Å². The Balaban J connectivity index is 0.00000289. The zero-order valence-electron chi connectivity index (χ0n) is 18.2. The SMILES string of the molecule is CN=C(NCc1nnc2n1CCCCC2)NCC1(c2cccc(C(F)(F)F)c2)CCC1.I. The number of rotatable bonds is 5. The first-order chi connectivity index (χ1) is 14.9. The molecule has 176 valence electrons. The highest BCUT2D eigenvalue weighted by atomic mass is 127. The van der Waals surface area contributed by atoms with Gasteiger partial charge >= 0.3 is 6.18 Å². The van der Waals surface area contributed by atoms with Gasteiger partial charge in [0, 0.05) is 32.0 Å². The smallest absolute Gasteiger partial charge is 0.356 e. The van der Waals surface area contributed by atoms with E-state index >= 15 is 0 Å². The first kappa shape index (κ1) is 24.8. The number of hydrogen-bond acceptors (Lipinski definition) is 3. The predicted molar refractivity (Wildman–Crippen MR) is 128 cm³/mol. The first-order valence-electron chi connectivity index (χ1n) is 10.9. The minimum Gasteiger partial charge on any atom is -0.356 e. The fourth-order valence-electron chi connectivity index (χ4n) is 4.51. The number of guanidine groups is 1. The maximum atomic E-state index is 13.2. The lowest BCUT2D eigenvalue weighted by Crippen LogP contribution is -2.49. The maximum absolute atomic E-state index is 13.2. The highest BCUT2D eigenvalue weighted by Gasteiger charge is 2.40. The molecule has 0 saturated heterocycles. The number of fused-ring (bicyclic) bond motifs is 1. The summed E-state index contributed by atoms with van der Waals surface area (Å²) in [6, 6.07) is 5.73. The van der Waals surface area contributed by atoms with Gasteiger partial charge in [-0.3, -0.25) is 4.99 Å². The Kier molecular flexibility index (Phi) is 8.05. The number of benzene rings is 1. The molecule has 2 N–H and O–H groups in total. The molecule has 0 spiro atoms. The fraction of sp³-hybridized carbons (Fsp3) is 0.591. The summed E-state index contributed by atoms with van der Waals surface area (Å²) >= 11 is 0. The van der Waals surface area contributed by atoms with Crippen molar-refractivity contribution >= 4 is 29.9 Å². The van der Waals surface area contributed by atoms with Crippen LogP contribution in [0.4, 0.5) is 13.2 Å². The van der Waals surface area contributed by atoms with Crippen LogP contribution in [0.3, 0.4) is 0 Å². The normalized spacial score (nSPS) is 18.1. The number of nitrogens with one attached hydrogen (secondary N) is 2. The Morgan fingerprint density at radius 2 is 1.94 bits per heavy atom. The van der Waals surface area contributed by atoms with E-state index in [1.54, 1.807) is 13.1 Å². The largest absolute Gasteiger partial charge is 0.416 e. The molecule has 6 nitrogen and oxygen atoms in total. The average Bonchev–Trinajstić information content (AvgIpc) is 2.95. The minimum atomic E-state index is -4.33. The van der Waals surface area contributed by atoms with E-state index in [0.717, 1.165) is 68.3 Å². The summed E-state index contributed by atoms with van der Waals surface area (Å²) in [4.78, 5) is 4.29. The average molecular weight is 562 g/mol. The molecule has 0 amide bonds. The van der Waals surface area contributed by atoms with Gasteiger partial charge < -0.3 is 15.2 Å². The molecule has 10 heteroatoms. The molecule has 4 rings (SSSR count). The van der Waals surface area contributed by atoms with Gasteiger partial charge in [0.05, 0.1) is 12.1 Å². The summed E-state index contributed by atoms with van der Waals surface area (Å²) in [6.45, 7) is 1.97. The fourth-order valence-corrected chi connectivity index (χ4v) is 4.51. The molecule has 1 aromatic heterocycles. The second-order valence-corrected chi connectivity index (χ2v) is 8.49. The Labute approximate surface area is 203 Å². The first-order valence-corrected chi connectivity index (χ1v) is 10.9. The van der Waals surface area contributed by atoms with Gasteiger partial charge in [-0.1, -0.05) is 31.0 Å². The number of halogens is 4. The van der Waals surface area contributed by atoms with E-state index in [-0.39, 0.29) is 29.4 Å². The van der Waals surface area contributed by atoms with Crippen LogP contribution in [-0.2, 0) is 31.1 Å². The Hall–Kier alpha value is -1.85. The van der Waals surface area contributed by atoms with E-state index in [2.05, 4.69) is 30.4 Å². The van der Waals surface area contributed by atoms with Crippen LogP contribution in [0.2, 0.25) is 0 Å². The molecule has 32 heavy (non-hydrogen) atoms. The molecule has 1 saturated carbocycles. The zero-order chi connectivity index (χ0) is 21.9. The molecule has 1 aromatic carbocycles. The van der Waals surface area contributed by atoms with Crippen molar-refractivity contribution in [2.75, 3.05) is 13.6 Å². The number of aliphatic imine (C=N–C) groups is 1. The van der Waals surface area contributed by atoms with Gasteiger partial charge in [-0.05, 0) is 37.3 Å². The minimum absolute atomic E-state index is 0. The van der Waals surface area contributed by atoms with Gasteiger partial charge in [-0.25, -0.2) is 0 Å². The van der Waals surface area contributed by atoms with Crippen LogP contribution in [0.15, 0.2) is 29.3 Å². The predicted octanol–water partition coefficient (Wildman–Crippen LogP) is 4.43. The van der Waals surface area contributed by atoms with Crippen molar-refractivity contribution in [2.24, 2.45) is 4.99 Å². The van der Waals surface area contributed by atoms with Gasteiger partial charge in [0.2, 0.25) is 0 Å². The summed E-state index contributed by atoms with van der Waals surface area (Å²) < 4.78 is 41.7. The Morgan fingerprint density at radius 3 is 2.62 bits per heavy atom. The summed E-state index contributed by atoms with van der Waals surface area (Å²) in [6.07, 6.45) is 2.83. The van der Waals surface area contributed by atoms with Crippen molar-refractivity contribution in [2.45, 2.75) is 69.6 Å². The van der Waals surface area contributed by atoms with Crippen LogP contribution >= 0.6 is 24.0 Å². The number of nitrogens with zero attached hydrogens (tertiary/aromatic N) is 4. The standard InChI is InChI=1S/C22H29F3N6.HI/c1-26-20(27-14-19-30-29-18-9-3-2-4-12-31(18)19)28-15-21(10-6-11-21)16-7-5-8-17(13-16)22(23,24)25;/h5,7-8,13H,2-4,6,9-12,14-15H2,1H3,(H2,26,27,28);1H. The molecule has 2 aromatic rings. The molecule has 0 unspecified atom stereocenters. The summed E-state index contributed by atoms with van der Waals surface area (Å²) in [7, 11) is 1.69. The molecule has 2 aliphatic rings. The van der Waals surface area contributed by atoms with E-state index < -0.39 is 11.7 Å². The summed E-state index contributed by atoms with van der Waals surface area (Å²) in [5, 5.41) is 15.2. The van der Waals surface area contributed by atoms with Gasteiger partial charge in [-0.15, -0.1) is 34.2 Å². The lowest BCUT2D eigenvalue weighted by atomic mass is 9.64. The van der Waals surface area contributed by atoms with E-state index in [0.29, 0.717) is 19.0 Å². The lowest BCUT2D eigenvalue weighted by molar-refractivity contribution is -0.137. The summed E-state index contributed by atoms with van der Waals surface area (Å²) in [5.74, 6) is 2.54. The molecule has 0 bridgehead atoms. The molecule has 1 aliphatic carbocycles. The molecule has 1 aliphatic heterocycles.